The van der Waals surface area contributed by atoms with E-state index in [1.54, 1.807) is 19.1 Å². The molecule has 0 aromatic heterocycles. The van der Waals surface area contributed by atoms with E-state index in [0.717, 1.165) is 11.6 Å². The fourth-order valence-corrected chi connectivity index (χ4v) is 3.86. The van der Waals surface area contributed by atoms with E-state index in [1.165, 1.54) is 26.4 Å². The molecular formula is C18H23N3O6S. The van der Waals surface area contributed by atoms with Gasteiger partial charge in [0.15, 0.2) is 0 Å². The van der Waals surface area contributed by atoms with Gasteiger partial charge in [0.1, 0.15) is 11.4 Å². The first-order chi connectivity index (χ1) is 13.2. The molecule has 0 radical (unpaired) electrons. The average molecular weight is 409 g/mol. The second-order valence-corrected chi connectivity index (χ2v) is 7.96. The number of hydrogen-bond donors (Lipinski definition) is 2. The summed E-state index contributed by atoms with van der Waals surface area (Å²) >= 11 is 0. The number of methoxy groups -OCH3 is 2. The van der Waals surface area contributed by atoms with Crippen LogP contribution in [0.1, 0.15) is 12.5 Å². The number of nitro benzene ring substituents is 1. The fraction of sp³-hybridized carbons (Fsp3) is 0.333. The number of nitro groups is 1. The van der Waals surface area contributed by atoms with Crippen molar-refractivity contribution in [2.24, 2.45) is 0 Å². The van der Waals surface area contributed by atoms with Gasteiger partial charge in [-0.2, -0.15) is 0 Å². The number of anilines is 2. The van der Waals surface area contributed by atoms with Gasteiger partial charge in [0.2, 0.25) is 10.0 Å². The highest BCUT2D eigenvalue weighted by Crippen LogP contribution is 2.34. The summed E-state index contributed by atoms with van der Waals surface area (Å²) in [7, 11) is -0.987. The largest absolute Gasteiger partial charge is 0.495 e. The Bertz CT molecular complexity index is 962. The standard InChI is InChI=1S/C18H23N3O6S/c1-12-5-8-18(27-4)16(9-12)19-15-7-6-14(10-17(15)21(22)23)28(24,25)20-13(2)11-26-3/h5-10,13,19-20H,11H2,1-4H3. The van der Waals surface area contributed by atoms with Crippen molar-refractivity contribution in [1.82, 2.24) is 4.72 Å². The molecule has 1 unspecified atom stereocenters. The van der Waals surface area contributed by atoms with Crippen molar-refractivity contribution in [3.8, 4) is 5.75 Å². The minimum atomic E-state index is -3.93. The Kier molecular flexibility index (Phi) is 6.95. The molecule has 9 nitrogen and oxygen atoms in total. The van der Waals surface area contributed by atoms with E-state index < -0.39 is 21.0 Å². The minimum Gasteiger partial charge on any atom is -0.495 e. The van der Waals surface area contributed by atoms with Gasteiger partial charge < -0.3 is 14.8 Å². The van der Waals surface area contributed by atoms with Crippen LogP contribution in [0.15, 0.2) is 41.3 Å². The molecular weight excluding hydrogens is 386 g/mol. The molecule has 2 N–H and O–H groups in total. The zero-order chi connectivity index (χ0) is 20.9. The molecule has 1 atom stereocenters. The lowest BCUT2D eigenvalue weighted by Gasteiger charge is -2.15. The lowest BCUT2D eigenvalue weighted by atomic mass is 10.2. The lowest BCUT2D eigenvalue weighted by molar-refractivity contribution is -0.384. The number of nitrogens with zero attached hydrogens (tertiary/aromatic N) is 1. The molecule has 0 aliphatic carbocycles. The van der Waals surface area contributed by atoms with Crippen LogP contribution < -0.4 is 14.8 Å². The predicted molar refractivity (Wildman–Crippen MR) is 106 cm³/mol. The maximum absolute atomic E-state index is 12.5. The maximum atomic E-state index is 12.5. The normalized spacial score (nSPS) is 12.4. The van der Waals surface area contributed by atoms with Gasteiger partial charge >= 0.3 is 0 Å². The van der Waals surface area contributed by atoms with Crippen LogP contribution in [0.3, 0.4) is 0 Å². The van der Waals surface area contributed by atoms with Crippen LogP contribution >= 0.6 is 0 Å². The molecule has 0 saturated heterocycles. The summed E-state index contributed by atoms with van der Waals surface area (Å²) in [4.78, 5) is 10.7. The highest BCUT2D eigenvalue weighted by molar-refractivity contribution is 7.89. The molecule has 28 heavy (non-hydrogen) atoms. The lowest BCUT2D eigenvalue weighted by Crippen LogP contribution is -2.35. The van der Waals surface area contributed by atoms with Crippen molar-refractivity contribution < 1.29 is 22.8 Å². The molecule has 10 heteroatoms. The van der Waals surface area contributed by atoms with Gasteiger partial charge in [0.25, 0.3) is 5.69 Å². The number of nitrogens with one attached hydrogen (secondary N) is 2. The highest BCUT2D eigenvalue weighted by atomic mass is 32.2. The van der Waals surface area contributed by atoms with Gasteiger partial charge in [-0.15, -0.1) is 0 Å². The van der Waals surface area contributed by atoms with Gasteiger partial charge in [-0.25, -0.2) is 13.1 Å². The zero-order valence-corrected chi connectivity index (χ0v) is 16.9. The number of sulfonamides is 1. The molecule has 0 heterocycles. The Morgan fingerprint density at radius 1 is 1.14 bits per heavy atom. The Labute approximate surface area is 163 Å². The van der Waals surface area contributed by atoms with Crippen LogP contribution in [0, 0.1) is 17.0 Å². The molecule has 2 rings (SSSR count). The van der Waals surface area contributed by atoms with E-state index >= 15 is 0 Å². The summed E-state index contributed by atoms with van der Waals surface area (Å²) in [5.74, 6) is 0.506. The summed E-state index contributed by atoms with van der Waals surface area (Å²) in [5.41, 5.74) is 1.25. The third kappa shape index (κ3) is 5.18. The summed E-state index contributed by atoms with van der Waals surface area (Å²) in [5, 5.41) is 14.5. The van der Waals surface area contributed by atoms with Crippen molar-refractivity contribution in [3.05, 3.63) is 52.1 Å². The van der Waals surface area contributed by atoms with Gasteiger partial charge in [-0.05, 0) is 43.7 Å². The molecule has 0 spiro atoms. The van der Waals surface area contributed by atoms with Crippen LogP contribution in [0.25, 0.3) is 0 Å². The van der Waals surface area contributed by atoms with Crippen molar-refractivity contribution in [2.75, 3.05) is 26.1 Å². The fourth-order valence-electron chi connectivity index (χ4n) is 2.62. The van der Waals surface area contributed by atoms with Gasteiger partial charge in [0, 0.05) is 19.2 Å². The first-order valence-corrected chi connectivity index (χ1v) is 9.87. The third-order valence-corrected chi connectivity index (χ3v) is 5.46. The molecule has 152 valence electrons. The number of aryl methyl sites for hydroxylation is 1. The van der Waals surface area contributed by atoms with Crippen molar-refractivity contribution in [1.29, 1.82) is 0 Å². The van der Waals surface area contributed by atoms with Crippen LogP contribution in [0.2, 0.25) is 0 Å². The molecule has 0 aliphatic heterocycles. The molecule has 0 amide bonds. The number of rotatable bonds is 9. The molecule has 0 bridgehead atoms. The second kappa shape index (κ2) is 9.00. The van der Waals surface area contributed by atoms with E-state index in [4.69, 9.17) is 9.47 Å². The molecule has 2 aromatic rings. The summed E-state index contributed by atoms with van der Waals surface area (Å²) in [6.07, 6.45) is 0. The van der Waals surface area contributed by atoms with Crippen LogP contribution in [-0.2, 0) is 14.8 Å². The second-order valence-electron chi connectivity index (χ2n) is 6.24. The summed E-state index contributed by atoms with van der Waals surface area (Å²) in [6.45, 7) is 3.69. The Hall–Kier alpha value is -2.69. The third-order valence-electron chi connectivity index (χ3n) is 3.87. The molecule has 0 saturated carbocycles. The van der Waals surface area contributed by atoms with Crippen molar-refractivity contribution >= 4 is 27.1 Å². The van der Waals surface area contributed by atoms with Gasteiger partial charge in [0.05, 0.1) is 29.2 Å². The smallest absolute Gasteiger partial charge is 0.294 e. The van der Waals surface area contributed by atoms with Crippen molar-refractivity contribution in [2.45, 2.75) is 24.8 Å². The van der Waals surface area contributed by atoms with Crippen LogP contribution in [0.4, 0.5) is 17.1 Å². The van der Waals surface area contributed by atoms with Crippen LogP contribution in [0.5, 0.6) is 5.75 Å². The van der Waals surface area contributed by atoms with E-state index in [2.05, 4.69) is 10.0 Å². The van der Waals surface area contributed by atoms with Crippen LogP contribution in [-0.4, -0.2) is 40.2 Å². The topological polar surface area (TPSA) is 120 Å². The predicted octanol–water partition coefficient (Wildman–Crippen LogP) is 2.97. The highest BCUT2D eigenvalue weighted by Gasteiger charge is 2.23. The Balaban J connectivity index is 2.41. The maximum Gasteiger partial charge on any atom is 0.294 e. The monoisotopic (exact) mass is 409 g/mol. The van der Waals surface area contributed by atoms with E-state index in [9.17, 15) is 18.5 Å². The Morgan fingerprint density at radius 3 is 2.46 bits per heavy atom. The molecule has 2 aromatic carbocycles. The van der Waals surface area contributed by atoms with E-state index in [1.807, 2.05) is 13.0 Å². The molecule has 0 fully saturated rings. The minimum absolute atomic E-state index is 0.151. The number of benzene rings is 2. The van der Waals surface area contributed by atoms with Gasteiger partial charge in [-0.1, -0.05) is 6.07 Å². The SMILES string of the molecule is COCC(C)NS(=O)(=O)c1ccc(Nc2cc(C)ccc2OC)c([N+](=O)[O-])c1. The van der Waals surface area contributed by atoms with Gasteiger partial charge in [-0.3, -0.25) is 10.1 Å². The van der Waals surface area contributed by atoms with E-state index in [0.29, 0.717) is 11.4 Å². The summed E-state index contributed by atoms with van der Waals surface area (Å²) in [6, 6.07) is 8.57. The summed E-state index contributed by atoms with van der Waals surface area (Å²) < 4.78 is 37.5. The first kappa shape index (κ1) is 21.6. The first-order valence-electron chi connectivity index (χ1n) is 8.39. The number of hydrogen-bond acceptors (Lipinski definition) is 7. The van der Waals surface area contributed by atoms with E-state index in [-0.39, 0.29) is 22.9 Å². The zero-order valence-electron chi connectivity index (χ0n) is 16.1. The molecule has 0 aliphatic rings. The quantitative estimate of drug-likeness (QED) is 0.482. The van der Waals surface area contributed by atoms with Crippen molar-refractivity contribution in [3.63, 3.8) is 0 Å². The Morgan fingerprint density at radius 2 is 1.86 bits per heavy atom. The number of ether oxygens (including phenoxy) is 2. The average Bonchev–Trinajstić information content (AvgIpc) is 2.61.